The van der Waals surface area contributed by atoms with Crippen molar-refractivity contribution in [2.45, 2.75) is 32.9 Å². The first-order chi connectivity index (χ1) is 9.67. The topological polar surface area (TPSA) is 42.7 Å². The molecule has 0 aliphatic carbocycles. The molecule has 2 rings (SSSR count). The van der Waals surface area contributed by atoms with E-state index >= 15 is 0 Å². The van der Waals surface area contributed by atoms with Crippen LogP contribution in [0.15, 0.2) is 24.7 Å². The Balaban J connectivity index is 2.42. The Hall–Kier alpha value is -1.10. The molecule has 0 amide bonds. The second-order valence-corrected chi connectivity index (χ2v) is 5.33. The van der Waals surface area contributed by atoms with Gasteiger partial charge in [0.05, 0.1) is 15.7 Å². The van der Waals surface area contributed by atoms with E-state index in [9.17, 15) is 0 Å². The minimum absolute atomic E-state index is 0.133. The number of halogens is 2. The predicted octanol–water partition coefficient (Wildman–Crippen LogP) is 3.69. The lowest BCUT2D eigenvalue weighted by Gasteiger charge is -2.19. The summed E-state index contributed by atoms with van der Waals surface area (Å²) in [4.78, 5) is 8.84. The van der Waals surface area contributed by atoms with Crippen molar-refractivity contribution in [1.29, 1.82) is 0 Å². The van der Waals surface area contributed by atoms with Gasteiger partial charge >= 0.3 is 0 Å². The average Bonchev–Trinajstić information content (AvgIpc) is 2.85. The van der Waals surface area contributed by atoms with E-state index in [0.29, 0.717) is 10.0 Å². The normalized spacial score (nSPS) is 12.6. The van der Waals surface area contributed by atoms with Gasteiger partial charge in [0, 0.05) is 25.1 Å². The standard InChI is InChI=1S/C14H18Cl2N4/c1-3-6-20-7-5-18-14(20)13(17-4-2)12-11(16)8-10(15)9-19-12/h5,7-9,13,17H,3-4,6H2,1-2H3. The van der Waals surface area contributed by atoms with E-state index in [1.165, 1.54) is 0 Å². The molecule has 0 aliphatic heterocycles. The zero-order valence-corrected chi connectivity index (χ0v) is 13.1. The van der Waals surface area contributed by atoms with Crippen LogP contribution >= 0.6 is 23.2 Å². The molecule has 0 saturated heterocycles. The van der Waals surface area contributed by atoms with Gasteiger partial charge in [-0.1, -0.05) is 37.0 Å². The smallest absolute Gasteiger partial charge is 0.132 e. The third kappa shape index (κ3) is 3.32. The van der Waals surface area contributed by atoms with Gasteiger partial charge in [0.1, 0.15) is 11.9 Å². The van der Waals surface area contributed by atoms with Crippen LogP contribution in [0.1, 0.15) is 37.8 Å². The fourth-order valence-corrected chi connectivity index (χ4v) is 2.65. The van der Waals surface area contributed by atoms with Gasteiger partial charge in [0.2, 0.25) is 0 Å². The summed E-state index contributed by atoms with van der Waals surface area (Å²) < 4.78 is 2.12. The summed E-state index contributed by atoms with van der Waals surface area (Å²) in [6, 6.07) is 1.58. The van der Waals surface area contributed by atoms with E-state index in [0.717, 1.165) is 31.0 Å². The zero-order valence-electron chi connectivity index (χ0n) is 11.6. The number of rotatable bonds is 6. The van der Waals surface area contributed by atoms with Gasteiger partial charge in [-0.2, -0.15) is 0 Å². The summed E-state index contributed by atoms with van der Waals surface area (Å²) in [5.41, 5.74) is 0.751. The third-order valence-electron chi connectivity index (χ3n) is 2.99. The van der Waals surface area contributed by atoms with Crippen molar-refractivity contribution >= 4 is 23.2 Å². The van der Waals surface area contributed by atoms with Crippen molar-refractivity contribution in [3.05, 3.63) is 46.2 Å². The number of nitrogens with one attached hydrogen (secondary N) is 1. The fourth-order valence-electron chi connectivity index (χ4n) is 2.16. The summed E-state index contributed by atoms with van der Waals surface area (Å²) in [5.74, 6) is 0.922. The van der Waals surface area contributed by atoms with Crippen molar-refractivity contribution in [2.75, 3.05) is 6.54 Å². The number of aryl methyl sites for hydroxylation is 1. The molecule has 0 aliphatic rings. The van der Waals surface area contributed by atoms with Gasteiger partial charge in [-0.15, -0.1) is 0 Å². The molecule has 108 valence electrons. The van der Waals surface area contributed by atoms with Crippen LogP contribution in [0.25, 0.3) is 0 Å². The van der Waals surface area contributed by atoms with Crippen LogP contribution in [0.4, 0.5) is 0 Å². The molecule has 1 unspecified atom stereocenters. The molecule has 20 heavy (non-hydrogen) atoms. The van der Waals surface area contributed by atoms with Crippen molar-refractivity contribution < 1.29 is 0 Å². The Bertz CT molecular complexity index is 568. The molecular weight excluding hydrogens is 295 g/mol. The van der Waals surface area contributed by atoms with E-state index in [1.54, 1.807) is 18.5 Å². The van der Waals surface area contributed by atoms with Crippen LogP contribution in [0.3, 0.4) is 0 Å². The highest BCUT2D eigenvalue weighted by Gasteiger charge is 2.22. The lowest BCUT2D eigenvalue weighted by molar-refractivity contribution is 0.535. The molecule has 1 atom stereocenters. The van der Waals surface area contributed by atoms with Crippen LogP contribution < -0.4 is 5.32 Å². The van der Waals surface area contributed by atoms with Gasteiger partial charge in [0.25, 0.3) is 0 Å². The number of pyridine rings is 1. The zero-order chi connectivity index (χ0) is 14.5. The molecule has 0 saturated carbocycles. The van der Waals surface area contributed by atoms with Crippen LogP contribution in [-0.4, -0.2) is 21.1 Å². The van der Waals surface area contributed by atoms with E-state index in [-0.39, 0.29) is 6.04 Å². The minimum atomic E-state index is -0.133. The molecule has 0 spiro atoms. The molecule has 6 heteroatoms. The monoisotopic (exact) mass is 312 g/mol. The van der Waals surface area contributed by atoms with Crippen molar-refractivity contribution in [3.63, 3.8) is 0 Å². The number of hydrogen-bond acceptors (Lipinski definition) is 3. The molecule has 0 radical (unpaired) electrons. The molecule has 0 fully saturated rings. The lowest BCUT2D eigenvalue weighted by atomic mass is 10.1. The molecule has 4 nitrogen and oxygen atoms in total. The maximum Gasteiger partial charge on any atom is 0.132 e. The first kappa shape index (κ1) is 15.3. The van der Waals surface area contributed by atoms with E-state index < -0.39 is 0 Å². The number of hydrogen-bond donors (Lipinski definition) is 1. The number of aromatic nitrogens is 3. The van der Waals surface area contributed by atoms with Crippen LogP contribution in [0.5, 0.6) is 0 Å². The molecule has 2 aromatic rings. The summed E-state index contributed by atoms with van der Waals surface area (Å²) in [5, 5.41) is 4.47. The summed E-state index contributed by atoms with van der Waals surface area (Å²) in [6.07, 6.45) is 6.44. The van der Waals surface area contributed by atoms with E-state index in [1.807, 2.05) is 13.1 Å². The molecule has 0 aromatic carbocycles. The maximum absolute atomic E-state index is 6.28. The highest BCUT2D eigenvalue weighted by atomic mass is 35.5. The van der Waals surface area contributed by atoms with E-state index in [2.05, 4.69) is 26.8 Å². The Morgan fingerprint density at radius 3 is 2.75 bits per heavy atom. The van der Waals surface area contributed by atoms with Crippen molar-refractivity contribution in [2.24, 2.45) is 0 Å². The van der Waals surface area contributed by atoms with Crippen molar-refractivity contribution in [3.8, 4) is 0 Å². The lowest BCUT2D eigenvalue weighted by Crippen LogP contribution is -2.26. The Kier molecular flexibility index (Phi) is 5.40. The number of nitrogens with zero attached hydrogens (tertiary/aromatic N) is 3. The quantitative estimate of drug-likeness (QED) is 0.884. The van der Waals surface area contributed by atoms with Gasteiger partial charge < -0.3 is 9.88 Å². The second kappa shape index (κ2) is 7.07. The largest absolute Gasteiger partial charge is 0.333 e. The number of imidazole rings is 1. The average molecular weight is 313 g/mol. The van der Waals surface area contributed by atoms with E-state index in [4.69, 9.17) is 23.2 Å². The summed E-state index contributed by atoms with van der Waals surface area (Å²) in [6.45, 7) is 5.90. The third-order valence-corrected chi connectivity index (χ3v) is 3.50. The fraction of sp³-hybridized carbons (Fsp3) is 0.429. The van der Waals surface area contributed by atoms with Crippen LogP contribution in [0.2, 0.25) is 10.0 Å². The second-order valence-electron chi connectivity index (χ2n) is 4.49. The maximum atomic E-state index is 6.28. The van der Waals surface area contributed by atoms with Gasteiger partial charge in [-0.05, 0) is 19.0 Å². The summed E-state index contributed by atoms with van der Waals surface area (Å²) >= 11 is 12.2. The Morgan fingerprint density at radius 1 is 1.30 bits per heavy atom. The van der Waals surface area contributed by atoms with Crippen molar-refractivity contribution in [1.82, 2.24) is 19.9 Å². The summed E-state index contributed by atoms with van der Waals surface area (Å²) in [7, 11) is 0. The molecule has 2 aromatic heterocycles. The highest BCUT2D eigenvalue weighted by molar-refractivity contribution is 6.34. The molecule has 0 bridgehead atoms. The molecular formula is C14H18Cl2N4. The van der Waals surface area contributed by atoms with Gasteiger partial charge in [-0.25, -0.2) is 4.98 Å². The predicted molar refractivity (Wildman–Crippen MR) is 82.3 cm³/mol. The first-order valence-electron chi connectivity index (χ1n) is 6.72. The molecule has 1 N–H and O–H groups in total. The highest BCUT2D eigenvalue weighted by Crippen LogP contribution is 2.27. The Labute approximate surface area is 129 Å². The van der Waals surface area contributed by atoms with Gasteiger partial charge in [0.15, 0.2) is 0 Å². The van der Waals surface area contributed by atoms with Crippen LogP contribution in [0, 0.1) is 0 Å². The molecule has 2 heterocycles. The SMILES string of the molecule is CCCn1ccnc1C(NCC)c1ncc(Cl)cc1Cl. The first-order valence-corrected chi connectivity index (χ1v) is 7.48. The Morgan fingerprint density at radius 2 is 2.10 bits per heavy atom. The minimum Gasteiger partial charge on any atom is -0.333 e. The van der Waals surface area contributed by atoms with Gasteiger partial charge in [-0.3, -0.25) is 4.98 Å². The van der Waals surface area contributed by atoms with Crippen LogP contribution in [-0.2, 0) is 6.54 Å².